The molecule has 1 heterocycles. The lowest BCUT2D eigenvalue weighted by Gasteiger charge is -2.34. The van der Waals surface area contributed by atoms with Crippen LogP contribution in [0.25, 0.3) is 0 Å². The van der Waals surface area contributed by atoms with Crippen molar-refractivity contribution in [3.63, 3.8) is 0 Å². The molecule has 0 spiro atoms. The Kier molecular flexibility index (Phi) is 7.16. The molecule has 1 aliphatic heterocycles. The molecule has 1 aromatic rings. The minimum absolute atomic E-state index is 0.164. The summed E-state index contributed by atoms with van der Waals surface area (Å²) < 4.78 is 18.7. The van der Waals surface area contributed by atoms with E-state index in [4.69, 9.17) is 13.6 Å². The molecule has 5 heteroatoms. The van der Waals surface area contributed by atoms with Gasteiger partial charge in [0.15, 0.2) is 0 Å². The molecule has 1 aliphatic rings. The molecule has 0 bridgehead atoms. The van der Waals surface area contributed by atoms with Crippen molar-refractivity contribution < 1.29 is 13.6 Å². The second-order valence-corrected chi connectivity index (χ2v) is 10.6. The van der Waals surface area contributed by atoms with E-state index in [1.807, 2.05) is 11.8 Å². The fourth-order valence-electron chi connectivity index (χ4n) is 2.81. The molecule has 0 saturated carbocycles. The summed E-state index contributed by atoms with van der Waals surface area (Å²) in [5.41, 5.74) is 0. The van der Waals surface area contributed by atoms with Crippen molar-refractivity contribution in [3.8, 4) is 0 Å². The van der Waals surface area contributed by atoms with E-state index in [9.17, 15) is 0 Å². The smallest absolute Gasteiger partial charge is 0.374 e. The van der Waals surface area contributed by atoms with Crippen LogP contribution in [0.5, 0.6) is 0 Å². The van der Waals surface area contributed by atoms with E-state index >= 15 is 0 Å². The first kappa shape index (κ1) is 19.0. The predicted molar refractivity (Wildman–Crippen MR) is 98.9 cm³/mol. The molecule has 0 aromatic heterocycles. The minimum Gasteiger partial charge on any atom is -0.388 e. The maximum absolute atomic E-state index is 6.50. The maximum atomic E-state index is 6.50. The number of ether oxygens (including phenoxy) is 1. The van der Waals surface area contributed by atoms with Gasteiger partial charge in [-0.3, -0.25) is 0 Å². The van der Waals surface area contributed by atoms with Gasteiger partial charge in [-0.15, -0.1) is 0 Å². The van der Waals surface area contributed by atoms with Crippen molar-refractivity contribution in [2.45, 2.75) is 75.5 Å². The summed E-state index contributed by atoms with van der Waals surface area (Å²) in [6, 6.07) is 7.47. The number of fused-ring (bicyclic) bond motifs is 1. The molecule has 2 rings (SSSR count). The lowest BCUT2D eigenvalue weighted by atomic mass is 10.4. The van der Waals surface area contributed by atoms with Gasteiger partial charge in [0, 0.05) is 40.4 Å². The van der Waals surface area contributed by atoms with Gasteiger partial charge < -0.3 is 13.6 Å². The molecule has 0 amide bonds. The molecular weight excluding hydrogens is 324 g/mol. The fraction of sp³-hybridized carbons (Fsp3) is 0.667. The van der Waals surface area contributed by atoms with Crippen molar-refractivity contribution >= 4 is 25.5 Å². The molecule has 130 valence electrons. The Morgan fingerprint density at radius 3 is 2.35 bits per heavy atom. The molecule has 0 radical (unpaired) electrons. The van der Waals surface area contributed by atoms with Crippen molar-refractivity contribution in [1.82, 2.24) is 0 Å². The van der Waals surface area contributed by atoms with Crippen LogP contribution in [-0.4, -0.2) is 34.0 Å². The second-order valence-electron chi connectivity index (χ2n) is 6.54. The normalized spacial score (nSPS) is 13.7. The van der Waals surface area contributed by atoms with Crippen LogP contribution >= 0.6 is 11.8 Å². The van der Waals surface area contributed by atoms with E-state index in [0.717, 1.165) is 32.1 Å². The molecule has 0 saturated heterocycles. The largest absolute Gasteiger partial charge is 0.388 e. The third-order valence-corrected chi connectivity index (χ3v) is 8.69. The van der Waals surface area contributed by atoms with Gasteiger partial charge in [0.25, 0.3) is 0 Å². The Bertz CT molecular complexity index is 495. The van der Waals surface area contributed by atoms with Crippen molar-refractivity contribution in [1.29, 1.82) is 0 Å². The third-order valence-electron chi connectivity index (χ3n) is 3.55. The van der Waals surface area contributed by atoms with Crippen LogP contribution in [0.1, 0.15) is 47.5 Å². The lowest BCUT2D eigenvalue weighted by Crippen LogP contribution is -2.56. The highest BCUT2D eigenvalue weighted by Crippen LogP contribution is 2.48. The SMILES string of the molecule is CCCOCCC[Si](OC(C)C)(OC(C)C)c1cccc2c1S2. The summed E-state index contributed by atoms with van der Waals surface area (Å²) in [6.07, 6.45) is 2.38. The van der Waals surface area contributed by atoms with E-state index in [2.05, 4.69) is 52.8 Å². The molecule has 1 aromatic carbocycles. The molecule has 0 fully saturated rings. The zero-order valence-corrected chi connectivity index (χ0v) is 16.9. The summed E-state index contributed by atoms with van der Waals surface area (Å²) in [5.74, 6) is 0. The van der Waals surface area contributed by atoms with Crippen LogP contribution in [0.3, 0.4) is 0 Å². The summed E-state index contributed by atoms with van der Waals surface area (Å²) in [5, 5.41) is 1.32. The Morgan fingerprint density at radius 1 is 1.04 bits per heavy atom. The average Bonchev–Trinajstić information content (AvgIpc) is 3.24. The van der Waals surface area contributed by atoms with Crippen LogP contribution < -0.4 is 5.19 Å². The first-order valence-electron chi connectivity index (χ1n) is 8.73. The Balaban J connectivity index is 2.18. The van der Waals surface area contributed by atoms with Crippen molar-refractivity contribution in [2.24, 2.45) is 0 Å². The quantitative estimate of drug-likeness (QED) is 0.338. The van der Waals surface area contributed by atoms with Crippen LogP contribution in [0, 0.1) is 0 Å². The van der Waals surface area contributed by atoms with E-state index in [1.165, 1.54) is 15.0 Å². The van der Waals surface area contributed by atoms with E-state index in [0.29, 0.717) is 0 Å². The first-order valence-corrected chi connectivity index (χ1v) is 11.6. The molecular formula is C18H30O3SSi. The molecule has 3 nitrogen and oxygen atoms in total. The van der Waals surface area contributed by atoms with Crippen LogP contribution in [0.2, 0.25) is 6.04 Å². The van der Waals surface area contributed by atoms with Gasteiger partial charge in [-0.2, -0.15) is 0 Å². The Labute approximate surface area is 146 Å². The summed E-state index contributed by atoms with van der Waals surface area (Å²) >= 11 is 1.86. The molecule has 0 N–H and O–H groups in total. The van der Waals surface area contributed by atoms with Crippen molar-refractivity contribution in [2.75, 3.05) is 13.2 Å². The van der Waals surface area contributed by atoms with Gasteiger partial charge in [0.05, 0.1) is 0 Å². The maximum Gasteiger partial charge on any atom is 0.374 e. The predicted octanol–water partition coefficient (Wildman–Crippen LogP) is 4.47. The third kappa shape index (κ3) is 5.33. The summed E-state index contributed by atoms with van der Waals surface area (Å²) in [6.45, 7) is 12.2. The first-order chi connectivity index (χ1) is 11.0. The minimum atomic E-state index is -2.45. The van der Waals surface area contributed by atoms with Gasteiger partial charge in [0.1, 0.15) is 0 Å². The molecule has 23 heavy (non-hydrogen) atoms. The zero-order chi connectivity index (χ0) is 16.9. The van der Waals surface area contributed by atoms with Crippen LogP contribution in [0.4, 0.5) is 0 Å². The fourth-order valence-corrected chi connectivity index (χ4v) is 7.97. The number of hydrogen-bond acceptors (Lipinski definition) is 4. The van der Waals surface area contributed by atoms with Gasteiger partial charge >= 0.3 is 8.56 Å². The Morgan fingerprint density at radius 2 is 1.74 bits per heavy atom. The summed E-state index contributed by atoms with van der Waals surface area (Å²) in [7, 11) is -2.45. The second kappa shape index (κ2) is 8.67. The number of benzene rings is 1. The van der Waals surface area contributed by atoms with E-state index in [1.54, 1.807) is 0 Å². The van der Waals surface area contributed by atoms with Gasteiger partial charge in [-0.1, -0.05) is 30.8 Å². The average molecular weight is 355 g/mol. The molecule has 0 atom stereocenters. The number of rotatable bonds is 11. The van der Waals surface area contributed by atoms with E-state index < -0.39 is 8.56 Å². The number of hydrogen-bond donors (Lipinski definition) is 0. The zero-order valence-electron chi connectivity index (χ0n) is 15.1. The van der Waals surface area contributed by atoms with Crippen molar-refractivity contribution in [3.05, 3.63) is 18.2 Å². The topological polar surface area (TPSA) is 27.7 Å². The standard InChI is InChI=1S/C18H30O3SSi/c1-6-11-19-12-8-13-23(20-14(2)3,21-15(4)5)17-10-7-9-16-18(17)22-16/h7,9-10,14-15H,6,8,11-13H2,1-5H3. The molecule has 0 aliphatic carbocycles. The van der Waals surface area contributed by atoms with Crippen LogP contribution in [-0.2, 0) is 13.6 Å². The van der Waals surface area contributed by atoms with E-state index in [-0.39, 0.29) is 12.2 Å². The van der Waals surface area contributed by atoms with Crippen LogP contribution in [0.15, 0.2) is 28.0 Å². The Hall–Kier alpha value is -0.333. The highest BCUT2D eigenvalue weighted by atomic mass is 32.2. The highest BCUT2D eigenvalue weighted by molar-refractivity contribution is 8.05. The van der Waals surface area contributed by atoms with Gasteiger partial charge in [-0.25, -0.2) is 0 Å². The molecule has 0 unspecified atom stereocenters. The summed E-state index contributed by atoms with van der Waals surface area (Å²) in [4.78, 5) is 2.76. The van der Waals surface area contributed by atoms with Gasteiger partial charge in [0.2, 0.25) is 0 Å². The monoisotopic (exact) mass is 354 g/mol. The highest BCUT2D eigenvalue weighted by Gasteiger charge is 2.46. The van der Waals surface area contributed by atoms with Gasteiger partial charge in [-0.05, 0) is 52.6 Å². The lowest BCUT2D eigenvalue weighted by molar-refractivity contribution is 0.105.